The Bertz CT molecular complexity index is 1240. The Morgan fingerprint density at radius 1 is 1.11 bits per heavy atom. The molecule has 140 valence electrons. The first kappa shape index (κ1) is 17.1. The minimum atomic E-state index is -0.338. The predicted molar refractivity (Wildman–Crippen MR) is 102 cm³/mol. The molecule has 4 rings (SSSR count). The van der Waals surface area contributed by atoms with E-state index in [1.165, 1.54) is 9.08 Å². The van der Waals surface area contributed by atoms with Crippen LogP contribution in [0.5, 0.6) is 0 Å². The molecule has 0 saturated heterocycles. The van der Waals surface area contributed by atoms with Crippen molar-refractivity contribution < 1.29 is 4.79 Å². The van der Waals surface area contributed by atoms with E-state index in [4.69, 9.17) is 0 Å². The highest BCUT2D eigenvalue weighted by molar-refractivity contribution is 5.91. The topological polar surface area (TPSA) is 91.2 Å². The fourth-order valence-corrected chi connectivity index (χ4v) is 3.47. The van der Waals surface area contributed by atoms with Gasteiger partial charge in [0, 0.05) is 13.6 Å². The summed E-state index contributed by atoms with van der Waals surface area (Å²) in [5, 5.41) is 11.6. The molecule has 0 aliphatic heterocycles. The van der Waals surface area contributed by atoms with Crippen molar-refractivity contribution in [1.29, 1.82) is 0 Å². The Labute approximate surface area is 154 Å². The monoisotopic (exact) mass is 367 g/mol. The molecule has 0 unspecified atom stereocenters. The van der Waals surface area contributed by atoms with Gasteiger partial charge < -0.3 is 9.88 Å². The number of anilines is 1. The average Bonchev–Trinajstić information content (AvgIpc) is 3.22. The molecule has 0 fully saturated rings. The third kappa shape index (κ3) is 2.54. The van der Waals surface area contributed by atoms with Gasteiger partial charge in [0.2, 0.25) is 11.7 Å². The SMILES string of the molecule is CCn1nc(C)c(NC(=O)Cn2nc3n(C)c4ccccc4n3c2=O)c1C. The molecule has 0 atom stereocenters. The largest absolute Gasteiger partial charge is 0.352 e. The van der Waals surface area contributed by atoms with Crippen LogP contribution in [0.25, 0.3) is 16.8 Å². The second kappa shape index (κ2) is 6.11. The number of nitrogens with zero attached hydrogens (tertiary/aromatic N) is 6. The Morgan fingerprint density at radius 3 is 2.48 bits per heavy atom. The minimum absolute atomic E-state index is 0.162. The first-order valence-corrected chi connectivity index (χ1v) is 8.79. The number of aryl methyl sites for hydroxylation is 3. The number of carbonyl (C=O) groups excluding carboxylic acids is 1. The average molecular weight is 367 g/mol. The summed E-state index contributed by atoms with van der Waals surface area (Å²) in [6.45, 7) is 6.30. The maximum Gasteiger partial charge on any atom is 0.352 e. The van der Waals surface area contributed by atoms with Gasteiger partial charge >= 0.3 is 5.69 Å². The highest BCUT2D eigenvalue weighted by Gasteiger charge is 2.18. The number of para-hydroxylation sites is 2. The van der Waals surface area contributed by atoms with E-state index in [1.807, 2.05) is 61.3 Å². The zero-order chi connectivity index (χ0) is 19.3. The summed E-state index contributed by atoms with van der Waals surface area (Å²) in [5.74, 6) is 0.187. The zero-order valence-corrected chi connectivity index (χ0v) is 15.7. The summed E-state index contributed by atoms with van der Waals surface area (Å²) in [6, 6.07) is 7.57. The molecular weight excluding hydrogens is 346 g/mol. The summed E-state index contributed by atoms with van der Waals surface area (Å²) in [5.41, 5.74) is 3.65. The molecule has 4 aromatic rings. The van der Waals surface area contributed by atoms with Crippen LogP contribution in [0.3, 0.4) is 0 Å². The van der Waals surface area contributed by atoms with Crippen molar-refractivity contribution in [3.63, 3.8) is 0 Å². The second-order valence-electron chi connectivity index (χ2n) is 6.53. The maximum atomic E-state index is 12.8. The maximum absolute atomic E-state index is 12.8. The van der Waals surface area contributed by atoms with Crippen molar-refractivity contribution in [2.45, 2.75) is 33.9 Å². The normalized spacial score (nSPS) is 11.6. The van der Waals surface area contributed by atoms with Gasteiger partial charge in [-0.25, -0.2) is 13.9 Å². The van der Waals surface area contributed by atoms with E-state index in [-0.39, 0.29) is 18.1 Å². The lowest BCUT2D eigenvalue weighted by molar-refractivity contribution is -0.117. The van der Waals surface area contributed by atoms with Gasteiger partial charge in [0.1, 0.15) is 6.54 Å². The standard InChI is InChI=1S/C18H21N7O2/c1-5-23-12(3)16(11(2)20-23)19-15(26)10-24-18(27)25-14-9-7-6-8-13(14)22(4)17(25)21-24/h6-9H,5,10H2,1-4H3,(H,19,26). The summed E-state index contributed by atoms with van der Waals surface area (Å²) >= 11 is 0. The van der Waals surface area contributed by atoms with Crippen LogP contribution < -0.4 is 11.0 Å². The van der Waals surface area contributed by atoms with Gasteiger partial charge in [-0.05, 0) is 32.9 Å². The quantitative estimate of drug-likeness (QED) is 0.591. The number of amides is 1. The van der Waals surface area contributed by atoms with Crippen LogP contribution in [-0.2, 0) is 24.9 Å². The number of benzene rings is 1. The predicted octanol–water partition coefficient (Wildman–Crippen LogP) is 1.46. The van der Waals surface area contributed by atoms with Gasteiger partial charge in [0.15, 0.2) is 0 Å². The van der Waals surface area contributed by atoms with Crippen molar-refractivity contribution in [3.8, 4) is 0 Å². The molecular formula is C18H21N7O2. The van der Waals surface area contributed by atoms with E-state index in [0.29, 0.717) is 11.5 Å². The smallest absolute Gasteiger partial charge is 0.321 e. The first-order valence-electron chi connectivity index (χ1n) is 8.79. The van der Waals surface area contributed by atoms with Crippen molar-refractivity contribution in [1.82, 2.24) is 28.5 Å². The lowest BCUT2D eigenvalue weighted by Gasteiger charge is -2.06. The summed E-state index contributed by atoms with van der Waals surface area (Å²) in [6.07, 6.45) is 0. The van der Waals surface area contributed by atoms with Gasteiger partial charge in [-0.1, -0.05) is 12.1 Å². The van der Waals surface area contributed by atoms with Crippen molar-refractivity contribution in [3.05, 3.63) is 46.1 Å². The van der Waals surface area contributed by atoms with Crippen molar-refractivity contribution in [2.75, 3.05) is 5.32 Å². The molecule has 3 aromatic heterocycles. The molecule has 0 aliphatic carbocycles. The number of nitrogens with one attached hydrogen (secondary N) is 1. The third-order valence-electron chi connectivity index (χ3n) is 4.85. The van der Waals surface area contributed by atoms with E-state index in [1.54, 1.807) is 0 Å². The number of carbonyl (C=O) groups is 1. The summed E-state index contributed by atoms with van der Waals surface area (Å²) < 4.78 is 6.37. The number of rotatable bonds is 4. The summed E-state index contributed by atoms with van der Waals surface area (Å²) in [7, 11) is 1.85. The van der Waals surface area contributed by atoms with Gasteiger partial charge in [0.25, 0.3) is 0 Å². The van der Waals surface area contributed by atoms with E-state index in [9.17, 15) is 9.59 Å². The molecule has 0 bridgehead atoms. The molecule has 3 heterocycles. The molecule has 0 aliphatic rings. The molecule has 9 heteroatoms. The first-order chi connectivity index (χ1) is 12.9. The van der Waals surface area contributed by atoms with Gasteiger partial charge in [-0.2, -0.15) is 5.10 Å². The molecule has 27 heavy (non-hydrogen) atoms. The molecule has 0 spiro atoms. The molecule has 0 saturated carbocycles. The van der Waals surface area contributed by atoms with Crippen LogP contribution in [-0.4, -0.2) is 34.4 Å². The van der Waals surface area contributed by atoms with Crippen LogP contribution in [0.2, 0.25) is 0 Å². The Balaban J connectivity index is 1.67. The summed E-state index contributed by atoms with van der Waals surface area (Å²) in [4.78, 5) is 25.3. The number of aromatic nitrogens is 6. The lowest BCUT2D eigenvalue weighted by atomic mass is 10.3. The Hall–Kier alpha value is -3.36. The van der Waals surface area contributed by atoms with Gasteiger partial charge in [-0.15, -0.1) is 5.10 Å². The van der Waals surface area contributed by atoms with Crippen LogP contribution in [0.15, 0.2) is 29.1 Å². The fraction of sp³-hybridized carbons (Fsp3) is 0.333. The molecule has 1 amide bonds. The second-order valence-corrected chi connectivity index (χ2v) is 6.53. The highest BCUT2D eigenvalue weighted by Crippen LogP contribution is 2.19. The lowest BCUT2D eigenvalue weighted by Crippen LogP contribution is -2.28. The molecule has 1 N–H and O–H groups in total. The molecule has 0 radical (unpaired) electrons. The number of imidazole rings is 1. The number of fused-ring (bicyclic) bond motifs is 3. The third-order valence-corrected chi connectivity index (χ3v) is 4.85. The van der Waals surface area contributed by atoms with Gasteiger partial charge in [0.05, 0.1) is 28.1 Å². The number of hydrogen-bond donors (Lipinski definition) is 1. The zero-order valence-electron chi connectivity index (χ0n) is 15.7. The van der Waals surface area contributed by atoms with E-state index in [2.05, 4.69) is 15.5 Å². The van der Waals surface area contributed by atoms with Crippen LogP contribution in [0.4, 0.5) is 5.69 Å². The molecule has 1 aromatic carbocycles. The van der Waals surface area contributed by atoms with E-state index in [0.717, 1.165) is 29.0 Å². The number of hydrogen-bond acceptors (Lipinski definition) is 4. The fourth-order valence-electron chi connectivity index (χ4n) is 3.47. The van der Waals surface area contributed by atoms with Crippen LogP contribution in [0.1, 0.15) is 18.3 Å². The van der Waals surface area contributed by atoms with Gasteiger partial charge in [-0.3, -0.25) is 9.48 Å². The molecule has 9 nitrogen and oxygen atoms in total. The Kier molecular flexibility index (Phi) is 3.87. The van der Waals surface area contributed by atoms with Crippen molar-refractivity contribution >= 4 is 28.4 Å². The van der Waals surface area contributed by atoms with Crippen molar-refractivity contribution in [2.24, 2.45) is 7.05 Å². The van der Waals surface area contributed by atoms with Crippen LogP contribution in [0, 0.1) is 13.8 Å². The van der Waals surface area contributed by atoms with Crippen LogP contribution >= 0.6 is 0 Å². The Morgan fingerprint density at radius 2 is 1.81 bits per heavy atom. The van der Waals surface area contributed by atoms with E-state index < -0.39 is 0 Å². The minimum Gasteiger partial charge on any atom is -0.321 e. The van der Waals surface area contributed by atoms with E-state index >= 15 is 0 Å². The highest BCUT2D eigenvalue weighted by atomic mass is 16.2.